The van der Waals surface area contributed by atoms with Gasteiger partial charge in [0.05, 0.1) is 0 Å². The van der Waals surface area contributed by atoms with Crippen LogP contribution in [-0.4, -0.2) is 44.6 Å². The molecule has 0 saturated carbocycles. The molecular weight excluding hydrogens is 437 g/mol. The highest BCUT2D eigenvalue weighted by Crippen LogP contribution is 2.32. The van der Waals surface area contributed by atoms with Crippen molar-refractivity contribution in [1.82, 2.24) is 9.80 Å². The van der Waals surface area contributed by atoms with Crippen LogP contribution < -0.4 is 0 Å². The Morgan fingerprint density at radius 3 is 1.38 bits per heavy atom. The smallest absolute Gasteiger partial charge is 0.147 e. The van der Waals surface area contributed by atoms with Gasteiger partial charge in [0.1, 0.15) is 8.64 Å². The first-order valence-electron chi connectivity index (χ1n) is 8.97. The van der Waals surface area contributed by atoms with E-state index in [0.717, 1.165) is 46.3 Å². The number of rotatable bonds is 6. The van der Waals surface area contributed by atoms with Crippen LogP contribution in [0.2, 0.25) is 0 Å². The fraction of sp³-hybridized carbons (Fsp3) is 0.556. The largest absolute Gasteiger partial charge is 0.357 e. The lowest BCUT2D eigenvalue weighted by Gasteiger charge is -2.17. The average molecular weight is 461 g/mol. The first-order chi connectivity index (χ1) is 12.7. The van der Waals surface area contributed by atoms with Crippen molar-refractivity contribution in [3.63, 3.8) is 0 Å². The Morgan fingerprint density at radius 2 is 1.04 bits per heavy atom. The highest BCUT2D eigenvalue weighted by molar-refractivity contribution is 8.83. The molecule has 0 unspecified atom stereocenters. The number of hydrogen-bond donors (Lipinski definition) is 0. The zero-order chi connectivity index (χ0) is 18.2. The molecule has 1 aromatic carbocycles. The van der Waals surface area contributed by atoms with Crippen molar-refractivity contribution in [3.8, 4) is 0 Å². The van der Waals surface area contributed by atoms with Crippen LogP contribution in [0.1, 0.15) is 36.8 Å². The minimum absolute atomic E-state index is 1.000. The second-order valence-corrected chi connectivity index (χ2v) is 12.3. The van der Waals surface area contributed by atoms with E-state index in [1.54, 1.807) is 21.6 Å². The van der Waals surface area contributed by atoms with E-state index in [9.17, 15) is 0 Å². The molecule has 2 nitrogen and oxygen atoms in total. The lowest BCUT2D eigenvalue weighted by Crippen LogP contribution is -2.22. The van der Waals surface area contributed by atoms with E-state index in [4.69, 9.17) is 24.4 Å². The van der Waals surface area contributed by atoms with Crippen LogP contribution in [0.15, 0.2) is 24.3 Å². The number of thiocarbonyl (C=S) groups is 2. The summed E-state index contributed by atoms with van der Waals surface area (Å²) in [6.07, 6.45) is 5.13. The van der Waals surface area contributed by atoms with Crippen LogP contribution in [0.4, 0.5) is 0 Å². The van der Waals surface area contributed by atoms with E-state index in [2.05, 4.69) is 34.1 Å². The first kappa shape index (κ1) is 21.1. The molecule has 26 heavy (non-hydrogen) atoms. The summed E-state index contributed by atoms with van der Waals surface area (Å²) in [5.74, 6) is 2.00. The Bertz CT molecular complexity index is 541. The van der Waals surface area contributed by atoms with Crippen molar-refractivity contribution >= 4 is 76.3 Å². The quantitative estimate of drug-likeness (QED) is 0.360. The standard InChI is InChI=1S/C18H24N2S6/c21-17(19-9-1-2-10-19)25-23-13-15-5-7-16(8-6-15)14-24-26-18(22)20-11-3-4-12-20/h5-8H,1-4,9-14H2. The van der Waals surface area contributed by atoms with E-state index in [-0.39, 0.29) is 0 Å². The van der Waals surface area contributed by atoms with E-state index < -0.39 is 0 Å². The molecule has 0 amide bonds. The Labute approximate surface area is 183 Å². The van der Waals surface area contributed by atoms with Crippen LogP contribution in [-0.2, 0) is 11.5 Å². The summed E-state index contributed by atoms with van der Waals surface area (Å²) in [6.45, 7) is 4.55. The highest BCUT2D eigenvalue weighted by Gasteiger charge is 2.16. The molecule has 8 heteroatoms. The monoisotopic (exact) mass is 460 g/mol. The predicted molar refractivity (Wildman–Crippen MR) is 131 cm³/mol. The molecule has 1 aromatic rings. The van der Waals surface area contributed by atoms with Gasteiger partial charge in [-0.1, -0.05) is 70.3 Å². The van der Waals surface area contributed by atoms with Gasteiger partial charge in [-0.2, -0.15) is 0 Å². The van der Waals surface area contributed by atoms with Crippen molar-refractivity contribution in [2.24, 2.45) is 0 Å². The van der Waals surface area contributed by atoms with Crippen LogP contribution in [0.5, 0.6) is 0 Å². The minimum atomic E-state index is 1.000. The lowest BCUT2D eigenvalue weighted by molar-refractivity contribution is 0.539. The van der Waals surface area contributed by atoms with Gasteiger partial charge in [-0.15, -0.1) is 0 Å². The Balaban J connectivity index is 1.32. The molecule has 2 fully saturated rings. The summed E-state index contributed by atoms with van der Waals surface area (Å²) in [4.78, 5) is 4.66. The average Bonchev–Trinajstić information content (AvgIpc) is 3.37. The minimum Gasteiger partial charge on any atom is -0.357 e. The second-order valence-electron chi connectivity index (χ2n) is 6.43. The van der Waals surface area contributed by atoms with Gasteiger partial charge in [0.15, 0.2) is 0 Å². The van der Waals surface area contributed by atoms with Crippen LogP contribution >= 0.6 is 67.6 Å². The topological polar surface area (TPSA) is 6.48 Å². The molecule has 0 spiro atoms. The van der Waals surface area contributed by atoms with Gasteiger partial charge >= 0.3 is 0 Å². The van der Waals surface area contributed by atoms with Crippen molar-refractivity contribution in [2.45, 2.75) is 37.2 Å². The summed E-state index contributed by atoms with van der Waals surface area (Å²) in [5, 5.41) is 0. The van der Waals surface area contributed by atoms with Gasteiger partial charge < -0.3 is 9.80 Å². The molecule has 2 heterocycles. The zero-order valence-corrected chi connectivity index (χ0v) is 19.6. The summed E-state index contributed by atoms with van der Waals surface area (Å²) < 4.78 is 2.10. The van der Waals surface area contributed by atoms with E-state index in [1.807, 2.05) is 21.6 Å². The number of benzene rings is 1. The maximum atomic E-state index is 5.51. The van der Waals surface area contributed by atoms with Gasteiger partial charge in [-0.25, -0.2) is 0 Å². The van der Waals surface area contributed by atoms with E-state index >= 15 is 0 Å². The molecule has 0 N–H and O–H groups in total. The lowest BCUT2D eigenvalue weighted by atomic mass is 10.2. The Kier molecular flexibility index (Phi) is 9.27. The van der Waals surface area contributed by atoms with Gasteiger partial charge in [0, 0.05) is 37.7 Å². The number of likely N-dealkylation sites (tertiary alicyclic amines) is 2. The summed E-state index contributed by atoms with van der Waals surface area (Å²) >= 11 is 11.0. The molecule has 3 rings (SSSR count). The van der Waals surface area contributed by atoms with Crippen LogP contribution in [0, 0.1) is 0 Å². The zero-order valence-electron chi connectivity index (χ0n) is 14.7. The highest BCUT2D eigenvalue weighted by atomic mass is 33.1. The molecule has 142 valence electrons. The maximum Gasteiger partial charge on any atom is 0.147 e. The number of hydrogen-bond acceptors (Lipinski definition) is 6. The Morgan fingerprint density at radius 1 is 0.692 bits per heavy atom. The van der Waals surface area contributed by atoms with Gasteiger partial charge in [-0.05, 0) is 58.4 Å². The third-order valence-electron chi connectivity index (χ3n) is 4.46. The van der Waals surface area contributed by atoms with Crippen LogP contribution in [0.25, 0.3) is 0 Å². The van der Waals surface area contributed by atoms with E-state index in [0.29, 0.717) is 0 Å². The molecular formula is C18H24N2S6. The second kappa shape index (κ2) is 11.4. The first-order valence-corrected chi connectivity index (χ1v) is 14.4. The van der Waals surface area contributed by atoms with Gasteiger partial charge in [-0.3, -0.25) is 0 Å². The van der Waals surface area contributed by atoms with Gasteiger partial charge in [0.25, 0.3) is 0 Å². The van der Waals surface area contributed by atoms with Gasteiger partial charge in [0.2, 0.25) is 0 Å². The third-order valence-corrected chi connectivity index (χ3v) is 10.4. The molecule has 2 aliphatic rings. The Hall–Kier alpha value is 0.400. The molecule has 2 aliphatic heterocycles. The predicted octanol–water partition coefficient (Wildman–Crippen LogP) is 6.21. The van der Waals surface area contributed by atoms with Crippen molar-refractivity contribution < 1.29 is 0 Å². The van der Waals surface area contributed by atoms with Crippen LogP contribution in [0.3, 0.4) is 0 Å². The maximum absolute atomic E-state index is 5.51. The molecule has 0 radical (unpaired) electrons. The van der Waals surface area contributed by atoms with Crippen molar-refractivity contribution in [2.75, 3.05) is 26.2 Å². The molecule has 0 aliphatic carbocycles. The normalized spacial score (nSPS) is 17.1. The summed E-state index contributed by atoms with van der Waals surface area (Å²) in [7, 11) is 7.19. The molecule has 0 atom stereocenters. The molecule has 2 saturated heterocycles. The van der Waals surface area contributed by atoms with Crippen molar-refractivity contribution in [3.05, 3.63) is 35.4 Å². The third kappa shape index (κ3) is 6.78. The summed E-state index contributed by atoms with van der Waals surface area (Å²) in [5.41, 5.74) is 2.72. The fourth-order valence-corrected chi connectivity index (χ4v) is 8.12. The molecule has 0 aromatic heterocycles. The fourth-order valence-electron chi connectivity index (χ4n) is 2.93. The van der Waals surface area contributed by atoms with E-state index in [1.165, 1.54) is 36.8 Å². The summed E-state index contributed by atoms with van der Waals surface area (Å²) in [6, 6.07) is 8.97. The molecule has 0 bridgehead atoms. The number of nitrogens with zero attached hydrogens (tertiary/aromatic N) is 2. The SMILES string of the molecule is S=C(SSCc1ccc(CSSC(=S)N2CCCC2)cc1)N1CCCC1. The van der Waals surface area contributed by atoms with Crippen molar-refractivity contribution in [1.29, 1.82) is 0 Å².